The van der Waals surface area contributed by atoms with Gasteiger partial charge >= 0.3 is 12.9 Å². The van der Waals surface area contributed by atoms with Crippen molar-refractivity contribution in [2.75, 3.05) is 6.61 Å². The molecule has 0 radical (unpaired) electrons. The molecule has 2 rings (SSSR count). The fraction of sp³-hybridized carbons (Fsp3) is 0.312. The molecule has 2 aromatic carbocycles. The Hall–Kier alpha value is -1.59. The predicted molar refractivity (Wildman–Crippen MR) is 93.0 cm³/mol. The molecular formula is C16H19ClNO5P. The lowest BCUT2D eigenvalue weighted by molar-refractivity contribution is -0.140. The zero-order chi connectivity index (χ0) is 17.6. The minimum Gasteiger partial charge on any atom is -0.404 e. The third-order valence-electron chi connectivity index (χ3n) is 3.08. The second-order valence-electron chi connectivity index (χ2n) is 5.10. The highest BCUT2D eigenvalue weighted by Crippen LogP contribution is 2.54. The van der Waals surface area contributed by atoms with E-state index in [0.717, 1.165) is 17.2 Å². The van der Waals surface area contributed by atoms with Crippen LogP contribution in [-0.4, -0.2) is 18.6 Å². The molecule has 0 saturated carbocycles. The van der Waals surface area contributed by atoms with E-state index in [0.29, 0.717) is 6.61 Å². The maximum Gasteiger partial charge on any atom is 0.532 e. The number of halogens is 1. The number of carbonyl (C=O) groups is 1. The van der Waals surface area contributed by atoms with E-state index in [1.165, 1.54) is 6.92 Å². The molecule has 0 fully saturated rings. The first-order chi connectivity index (χ1) is 11.4. The van der Waals surface area contributed by atoms with Gasteiger partial charge in [0.2, 0.25) is 0 Å². The molecule has 2 aromatic rings. The molecule has 24 heavy (non-hydrogen) atoms. The number of hydrogen-bond donors (Lipinski definition) is 1. The average molecular weight is 372 g/mol. The average Bonchev–Trinajstić information content (AvgIpc) is 2.54. The summed E-state index contributed by atoms with van der Waals surface area (Å²) in [6.07, 6.45) is 0.785. The fourth-order valence-electron chi connectivity index (χ4n) is 1.93. The van der Waals surface area contributed by atoms with Gasteiger partial charge in [0, 0.05) is 16.6 Å². The van der Waals surface area contributed by atoms with Gasteiger partial charge in [-0.25, -0.2) is 9.36 Å². The van der Waals surface area contributed by atoms with Gasteiger partial charge in [0.1, 0.15) is 11.8 Å². The third-order valence-corrected chi connectivity index (χ3v) is 4.30. The van der Waals surface area contributed by atoms with Crippen LogP contribution in [0, 0.1) is 0 Å². The number of fused-ring (bicyclic) bond motifs is 1. The van der Waals surface area contributed by atoms with E-state index in [2.05, 4.69) is 5.48 Å². The molecule has 1 unspecified atom stereocenters. The predicted octanol–water partition coefficient (Wildman–Crippen LogP) is 4.43. The van der Waals surface area contributed by atoms with Crippen molar-refractivity contribution in [2.24, 2.45) is 0 Å². The Morgan fingerprint density at radius 1 is 1.25 bits per heavy atom. The van der Waals surface area contributed by atoms with Gasteiger partial charge < -0.3 is 13.9 Å². The van der Waals surface area contributed by atoms with Gasteiger partial charge in [-0.15, -0.1) is 0 Å². The standard InChI is InChI=1S/C16H19ClNO5P/c1-3-11-21-18-12(2)16(19)23-24(17,20)22-15-10-6-8-13-7-4-5-9-14(13)15/h4-10,12,18H,3,11H2,1-2H3/t12-,24?/m0/s1. The van der Waals surface area contributed by atoms with Crippen molar-refractivity contribution >= 4 is 34.9 Å². The van der Waals surface area contributed by atoms with Crippen LogP contribution in [0.25, 0.3) is 10.8 Å². The van der Waals surface area contributed by atoms with E-state index < -0.39 is 19.0 Å². The van der Waals surface area contributed by atoms with Crippen LogP contribution in [0.1, 0.15) is 20.3 Å². The summed E-state index contributed by atoms with van der Waals surface area (Å²) in [6.45, 7) is -0.275. The van der Waals surface area contributed by atoms with Gasteiger partial charge in [-0.3, -0.25) is 0 Å². The van der Waals surface area contributed by atoms with Crippen LogP contribution in [0.15, 0.2) is 42.5 Å². The molecule has 0 amide bonds. The SMILES string of the molecule is CCCON[C@@H](C)C(=O)OP(=O)(Cl)Oc1cccc2ccccc12. The van der Waals surface area contributed by atoms with E-state index in [-0.39, 0.29) is 5.75 Å². The van der Waals surface area contributed by atoms with Crippen LogP contribution in [0.2, 0.25) is 0 Å². The number of hydrogen-bond acceptors (Lipinski definition) is 6. The zero-order valence-corrected chi connectivity index (χ0v) is 15.0. The largest absolute Gasteiger partial charge is 0.532 e. The van der Waals surface area contributed by atoms with Gasteiger partial charge in [0.05, 0.1) is 6.61 Å². The Morgan fingerprint density at radius 3 is 2.71 bits per heavy atom. The van der Waals surface area contributed by atoms with Crippen molar-refractivity contribution in [3.05, 3.63) is 42.5 Å². The molecule has 0 aliphatic carbocycles. The number of benzene rings is 2. The monoisotopic (exact) mass is 371 g/mol. The van der Waals surface area contributed by atoms with E-state index in [9.17, 15) is 9.36 Å². The maximum absolute atomic E-state index is 12.3. The van der Waals surface area contributed by atoms with Crippen molar-refractivity contribution in [3.8, 4) is 5.75 Å². The number of nitrogens with one attached hydrogen (secondary N) is 1. The Kier molecular flexibility index (Phi) is 6.63. The lowest BCUT2D eigenvalue weighted by atomic mass is 10.1. The quantitative estimate of drug-likeness (QED) is 0.420. The van der Waals surface area contributed by atoms with Gasteiger partial charge in [0.25, 0.3) is 0 Å². The summed E-state index contributed by atoms with van der Waals surface area (Å²) in [6, 6.07) is 11.8. The Labute approximate surface area is 145 Å². The number of carbonyl (C=O) groups excluding carboxylic acids is 1. The first-order valence-electron chi connectivity index (χ1n) is 7.51. The minimum absolute atomic E-state index is 0.280. The number of hydroxylamine groups is 1. The molecule has 0 heterocycles. The van der Waals surface area contributed by atoms with Crippen molar-refractivity contribution in [1.82, 2.24) is 5.48 Å². The summed E-state index contributed by atoms with van der Waals surface area (Å²) < 4.78 is 22.4. The Bertz CT molecular complexity index is 749. The minimum atomic E-state index is -4.14. The fourth-order valence-corrected chi connectivity index (χ4v) is 3.16. The summed E-state index contributed by atoms with van der Waals surface area (Å²) >= 11 is 5.79. The molecule has 6 nitrogen and oxygen atoms in total. The molecule has 130 valence electrons. The zero-order valence-electron chi connectivity index (χ0n) is 13.4. The van der Waals surface area contributed by atoms with E-state index in [4.69, 9.17) is 25.1 Å². The van der Waals surface area contributed by atoms with Crippen LogP contribution in [-0.2, 0) is 18.7 Å². The Morgan fingerprint density at radius 2 is 1.96 bits per heavy atom. The van der Waals surface area contributed by atoms with E-state index in [1.54, 1.807) is 18.2 Å². The summed E-state index contributed by atoms with van der Waals surface area (Å²) in [5, 5.41) is 1.61. The molecule has 2 atom stereocenters. The van der Waals surface area contributed by atoms with Gasteiger partial charge in [0.15, 0.2) is 0 Å². The molecular weight excluding hydrogens is 353 g/mol. The first kappa shape index (κ1) is 18.7. The molecule has 0 bridgehead atoms. The highest BCUT2D eigenvalue weighted by atomic mass is 35.7. The first-order valence-corrected chi connectivity index (χ1v) is 9.95. The van der Waals surface area contributed by atoms with Crippen LogP contribution < -0.4 is 10.0 Å². The molecule has 8 heteroatoms. The molecule has 0 spiro atoms. The third kappa shape index (κ3) is 5.21. The number of rotatable bonds is 8. The molecule has 0 aromatic heterocycles. The van der Waals surface area contributed by atoms with Crippen LogP contribution >= 0.6 is 18.2 Å². The molecule has 0 aliphatic rings. The summed E-state index contributed by atoms with van der Waals surface area (Å²) in [5.74, 6) is -0.549. The Balaban J connectivity index is 2.05. The smallest absolute Gasteiger partial charge is 0.404 e. The maximum atomic E-state index is 12.3. The second-order valence-corrected chi connectivity index (χ2v) is 7.57. The normalized spacial score (nSPS) is 14.8. The van der Waals surface area contributed by atoms with Gasteiger partial charge in [-0.05, 0) is 24.8 Å². The van der Waals surface area contributed by atoms with Crippen molar-refractivity contribution in [2.45, 2.75) is 26.3 Å². The summed E-state index contributed by atoms with van der Waals surface area (Å²) in [4.78, 5) is 16.9. The summed E-state index contributed by atoms with van der Waals surface area (Å²) in [5.41, 5.74) is 2.49. The van der Waals surface area contributed by atoms with Crippen molar-refractivity contribution < 1.29 is 23.2 Å². The highest BCUT2D eigenvalue weighted by Gasteiger charge is 2.31. The molecule has 1 N–H and O–H groups in total. The molecule has 0 aliphatic heterocycles. The highest BCUT2D eigenvalue weighted by molar-refractivity contribution is 7.82. The van der Waals surface area contributed by atoms with E-state index >= 15 is 0 Å². The molecule has 0 saturated heterocycles. The lowest BCUT2D eigenvalue weighted by Gasteiger charge is -2.17. The van der Waals surface area contributed by atoms with Gasteiger partial charge in [-0.2, -0.15) is 5.48 Å². The van der Waals surface area contributed by atoms with Crippen molar-refractivity contribution in [1.29, 1.82) is 0 Å². The summed E-state index contributed by atoms with van der Waals surface area (Å²) in [7, 11) is 0. The topological polar surface area (TPSA) is 73.9 Å². The van der Waals surface area contributed by atoms with Crippen LogP contribution in [0.5, 0.6) is 5.75 Å². The second kappa shape index (κ2) is 8.49. The van der Waals surface area contributed by atoms with E-state index in [1.807, 2.05) is 31.2 Å². The van der Waals surface area contributed by atoms with Crippen LogP contribution in [0.4, 0.5) is 0 Å². The lowest BCUT2D eigenvalue weighted by Crippen LogP contribution is -2.35. The van der Waals surface area contributed by atoms with Gasteiger partial charge in [-0.1, -0.05) is 43.3 Å². The van der Waals surface area contributed by atoms with Crippen molar-refractivity contribution in [3.63, 3.8) is 0 Å². The van der Waals surface area contributed by atoms with Crippen LogP contribution in [0.3, 0.4) is 0 Å².